The molecule has 0 amide bonds. The second-order valence-electron chi connectivity index (χ2n) is 7.03. The summed E-state index contributed by atoms with van der Waals surface area (Å²) < 4.78 is 0. The van der Waals surface area contributed by atoms with E-state index in [4.69, 9.17) is 0 Å². The highest BCUT2D eigenvalue weighted by atomic mass is 16.3. The molecule has 0 radical (unpaired) electrons. The number of hydrogen-bond donors (Lipinski definition) is 1. The minimum absolute atomic E-state index is 0.346. The molecule has 3 unspecified atom stereocenters. The van der Waals surface area contributed by atoms with Gasteiger partial charge in [-0.1, -0.05) is 32.4 Å². The van der Waals surface area contributed by atoms with E-state index in [0.29, 0.717) is 17.3 Å². The summed E-state index contributed by atoms with van der Waals surface area (Å²) in [5.41, 5.74) is 1.32. The molecule has 0 aliphatic heterocycles. The zero-order valence-electron chi connectivity index (χ0n) is 11.2. The molecule has 2 rings (SSSR count). The third-order valence-electron chi connectivity index (χ3n) is 4.77. The van der Waals surface area contributed by atoms with Gasteiger partial charge < -0.3 is 5.11 Å². The van der Waals surface area contributed by atoms with E-state index in [0.717, 1.165) is 19.3 Å². The van der Waals surface area contributed by atoms with Crippen LogP contribution < -0.4 is 0 Å². The second kappa shape index (κ2) is 3.87. The quantitative estimate of drug-likeness (QED) is 0.616. The Morgan fingerprint density at radius 1 is 1.38 bits per heavy atom. The Kier molecular flexibility index (Phi) is 2.94. The SMILES string of the molecule is C/C1=C/CC(C)(C)CC2C(C)CCC2(O)C1. The molecule has 2 aliphatic rings. The van der Waals surface area contributed by atoms with Crippen molar-refractivity contribution in [2.45, 2.75) is 65.4 Å². The summed E-state index contributed by atoms with van der Waals surface area (Å²) in [5, 5.41) is 10.8. The molecule has 0 aromatic carbocycles. The lowest BCUT2D eigenvalue weighted by atomic mass is 9.69. The van der Waals surface area contributed by atoms with E-state index in [1.165, 1.54) is 18.4 Å². The fourth-order valence-electron chi connectivity index (χ4n) is 3.69. The predicted molar refractivity (Wildman–Crippen MR) is 68.2 cm³/mol. The van der Waals surface area contributed by atoms with Crippen LogP contribution in [0.4, 0.5) is 0 Å². The van der Waals surface area contributed by atoms with E-state index in [9.17, 15) is 5.11 Å². The number of aliphatic hydroxyl groups is 1. The van der Waals surface area contributed by atoms with Gasteiger partial charge in [0.05, 0.1) is 5.60 Å². The Bertz CT molecular complexity index is 303. The van der Waals surface area contributed by atoms with Crippen molar-refractivity contribution >= 4 is 0 Å². The number of hydrogen-bond acceptors (Lipinski definition) is 1. The molecule has 1 fully saturated rings. The van der Waals surface area contributed by atoms with E-state index >= 15 is 0 Å². The third kappa shape index (κ3) is 2.20. The largest absolute Gasteiger partial charge is 0.389 e. The van der Waals surface area contributed by atoms with Crippen LogP contribution in [0.1, 0.15) is 59.8 Å². The van der Waals surface area contributed by atoms with Gasteiger partial charge >= 0.3 is 0 Å². The molecule has 1 heteroatoms. The van der Waals surface area contributed by atoms with Crippen molar-refractivity contribution < 1.29 is 5.11 Å². The van der Waals surface area contributed by atoms with Crippen LogP contribution in [0.3, 0.4) is 0 Å². The highest BCUT2D eigenvalue weighted by molar-refractivity contribution is 5.12. The summed E-state index contributed by atoms with van der Waals surface area (Å²) in [6.07, 6.45) is 7.78. The van der Waals surface area contributed by atoms with E-state index in [2.05, 4.69) is 33.8 Å². The van der Waals surface area contributed by atoms with E-state index in [-0.39, 0.29) is 0 Å². The molecule has 3 atom stereocenters. The highest BCUT2D eigenvalue weighted by Gasteiger charge is 2.47. The van der Waals surface area contributed by atoms with Gasteiger partial charge in [0.15, 0.2) is 0 Å². The molecule has 1 saturated carbocycles. The lowest BCUT2D eigenvalue weighted by Crippen LogP contribution is -2.39. The molecule has 92 valence electrons. The van der Waals surface area contributed by atoms with Crippen molar-refractivity contribution in [2.24, 2.45) is 17.3 Å². The molecule has 0 aromatic rings. The van der Waals surface area contributed by atoms with Gasteiger partial charge in [-0.15, -0.1) is 0 Å². The molecule has 0 heterocycles. The van der Waals surface area contributed by atoms with Crippen LogP contribution in [-0.4, -0.2) is 10.7 Å². The van der Waals surface area contributed by atoms with Crippen LogP contribution in [0.5, 0.6) is 0 Å². The van der Waals surface area contributed by atoms with Crippen LogP contribution in [0.25, 0.3) is 0 Å². The predicted octanol–water partition coefficient (Wildman–Crippen LogP) is 3.92. The van der Waals surface area contributed by atoms with Gasteiger partial charge in [0.25, 0.3) is 0 Å². The first-order chi connectivity index (χ1) is 7.32. The van der Waals surface area contributed by atoms with Crippen LogP contribution in [0.15, 0.2) is 11.6 Å². The number of fused-ring (bicyclic) bond motifs is 1. The van der Waals surface area contributed by atoms with Crippen molar-refractivity contribution in [1.82, 2.24) is 0 Å². The second-order valence-corrected chi connectivity index (χ2v) is 7.03. The molecule has 0 spiro atoms. The summed E-state index contributed by atoms with van der Waals surface area (Å²) >= 11 is 0. The summed E-state index contributed by atoms with van der Waals surface area (Å²) in [5.74, 6) is 1.20. The van der Waals surface area contributed by atoms with E-state index < -0.39 is 5.60 Å². The smallest absolute Gasteiger partial charge is 0.0715 e. The van der Waals surface area contributed by atoms with E-state index in [1.54, 1.807) is 0 Å². The molecule has 1 N–H and O–H groups in total. The van der Waals surface area contributed by atoms with E-state index in [1.807, 2.05) is 0 Å². The maximum atomic E-state index is 10.8. The highest BCUT2D eigenvalue weighted by Crippen LogP contribution is 2.50. The monoisotopic (exact) mass is 222 g/mol. The summed E-state index contributed by atoms with van der Waals surface area (Å²) in [7, 11) is 0. The van der Waals surface area contributed by atoms with Gasteiger partial charge in [-0.25, -0.2) is 0 Å². The first kappa shape index (κ1) is 12.2. The standard InChI is InChI=1S/C15H26O/c1-11-5-7-14(3,4)10-13-12(2)6-8-15(13,16)9-11/h5,12-13,16H,6-10H2,1-4H3/b11-5-. The molecular formula is C15H26O. The van der Waals surface area contributed by atoms with Crippen LogP contribution in [-0.2, 0) is 0 Å². The summed E-state index contributed by atoms with van der Waals surface area (Å²) in [4.78, 5) is 0. The Morgan fingerprint density at radius 3 is 2.75 bits per heavy atom. The Balaban J connectivity index is 2.31. The van der Waals surface area contributed by atoms with Crippen LogP contribution >= 0.6 is 0 Å². The molecule has 16 heavy (non-hydrogen) atoms. The number of rotatable bonds is 0. The average molecular weight is 222 g/mol. The molecule has 0 bridgehead atoms. The van der Waals surface area contributed by atoms with Crippen LogP contribution in [0, 0.1) is 17.3 Å². The van der Waals surface area contributed by atoms with Crippen molar-refractivity contribution in [3.05, 3.63) is 11.6 Å². The van der Waals surface area contributed by atoms with Gasteiger partial charge in [0.1, 0.15) is 0 Å². The topological polar surface area (TPSA) is 20.2 Å². The van der Waals surface area contributed by atoms with Crippen molar-refractivity contribution in [2.75, 3.05) is 0 Å². The van der Waals surface area contributed by atoms with Crippen molar-refractivity contribution in [1.29, 1.82) is 0 Å². The third-order valence-corrected chi connectivity index (χ3v) is 4.77. The average Bonchev–Trinajstić information content (AvgIpc) is 2.42. The van der Waals surface area contributed by atoms with Gasteiger partial charge in [-0.2, -0.15) is 0 Å². The van der Waals surface area contributed by atoms with Crippen molar-refractivity contribution in [3.63, 3.8) is 0 Å². The molecule has 2 aliphatic carbocycles. The van der Waals surface area contributed by atoms with Crippen LogP contribution in [0.2, 0.25) is 0 Å². The normalized spacial score (nSPS) is 46.4. The Hall–Kier alpha value is -0.300. The fraction of sp³-hybridized carbons (Fsp3) is 0.867. The summed E-state index contributed by atoms with van der Waals surface area (Å²) in [6.45, 7) is 9.18. The number of allylic oxidation sites excluding steroid dienone is 1. The minimum Gasteiger partial charge on any atom is -0.389 e. The lowest BCUT2D eigenvalue weighted by Gasteiger charge is -2.39. The zero-order chi connectivity index (χ0) is 12.0. The zero-order valence-corrected chi connectivity index (χ0v) is 11.2. The molecule has 0 saturated heterocycles. The van der Waals surface area contributed by atoms with Gasteiger partial charge in [-0.3, -0.25) is 0 Å². The maximum Gasteiger partial charge on any atom is 0.0715 e. The fourth-order valence-corrected chi connectivity index (χ4v) is 3.69. The van der Waals surface area contributed by atoms with Gasteiger partial charge in [-0.05, 0) is 56.3 Å². The first-order valence-electron chi connectivity index (χ1n) is 6.70. The lowest BCUT2D eigenvalue weighted by molar-refractivity contribution is -0.0252. The molecule has 1 nitrogen and oxygen atoms in total. The molecular weight excluding hydrogens is 196 g/mol. The van der Waals surface area contributed by atoms with Gasteiger partial charge in [0, 0.05) is 0 Å². The summed E-state index contributed by atoms with van der Waals surface area (Å²) in [6, 6.07) is 0. The maximum absolute atomic E-state index is 10.8. The minimum atomic E-state index is -0.405. The molecule has 0 aromatic heterocycles. The first-order valence-corrected chi connectivity index (χ1v) is 6.70. The Labute approximate surface area is 99.9 Å². The Morgan fingerprint density at radius 2 is 2.06 bits per heavy atom. The van der Waals surface area contributed by atoms with Crippen molar-refractivity contribution in [3.8, 4) is 0 Å². The van der Waals surface area contributed by atoms with Gasteiger partial charge in [0.2, 0.25) is 0 Å².